The van der Waals surface area contributed by atoms with Crippen molar-refractivity contribution in [1.82, 2.24) is 4.98 Å². The van der Waals surface area contributed by atoms with E-state index in [-0.39, 0.29) is 5.76 Å². The van der Waals surface area contributed by atoms with Crippen LogP contribution in [0.25, 0.3) is 10.8 Å². The molecular weight excluding hydrogens is 256 g/mol. The molecule has 20 heavy (non-hydrogen) atoms. The number of anilines is 1. The highest BCUT2D eigenvalue weighted by molar-refractivity contribution is 6.03. The topological polar surface area (TPSA) is 72.2 Å². The number of benzene rings is 1. The molecule has 0 unspecified atom stereocenters. The van der Waals surface area contributed by atoms with Crippen molar-refractivity contribution in [2.24, 2.45) is 0 Å². The van der Waals surface area contributed by atoms with Gasteiger partial charge in [-0.15, -0.1) is 0 Å². The van der Waals surface area contributed by atoms with Gasteiger partial charge in [-0.25, -0.2) is 4.79 Å². The summed E-state index contributed by atoms with van der Waals surface area (Å²) in [7, 11) is 0. The lowest BCUT2D eigenvalue weighted by atomic mass is 10.1. The van der Waals surface area contributed by atoms with Crippen molar-refractivity contribution in [2.45, 2.75) is 0 Å². The number of nitrogens with one attached hydrogen (secondary N) is 1. The fourth-order valence-electron chi connectivity index (χ4n) is 1.88. The summed E-state index contributed by atoms with van der Waals surface area (Å²) in [5, 5.41) is 3.73. The zero-order chi connectivity index (χ0) is 13.9. The van der Waals surface area contributed by atoms with E-state index in [1.165, 1.54) is 6.20 Å². The Morgan fingerprint density at radius 3 is 2.80 bits per heavy atom. The first-order chi connectivity index (χ1) is 9.74. The van der Waals surface area contributed by atoms with E-state index >= 15 is 0 Å². The van der Waals surface area contributed by atoms with E-state index in [1.807, 2.05) is 0 Å². The van der Waals surface area contributed by atoms with Crippen molar-refractivity contribution in [2.75, 3.05) is 5.32 Å². The van der Waals surface area contributed by atoms with Gasteiger partial charge < -0.3 is 9.73 Å². The van der Waals surface area contributed by atoms with Crippen LogP contribution in [-0.4, -0.2) is 10.9 Å². The fraction of sp³-hybridized carbons (Fsp3) is 0. The molecule has 5 nitrogen and oxygen atoms in total. The summed E-state index contributed by atoms with van der Waals surface area (Å²) in [5.41, 5.74) is 0.00717. The smallest absolute Gasteiger partial charge is 0.344 e. The molecule has 0 aliphatic heterocycles. The molecule has 0 aliphatic carbocycles. The van der Waals surface area contributed by atoms with E-state index in [0.29, 0.717) is 16.5 Å². The molecule has 98 valence electrons. The Labute approximate surface area is 113 Å². The first-order valence-electron chi connectivity index (χ1n) is 5.98. The number of amides is 1. The van der Waals surface area contributed by atoms with Gasteiger partial charge >= 0.3 is 5.63 Å². The molecule has 1 N–H and O–H groups in total. The molecule has 3 aromatic rings. The standard InChI is InChI=1S/C15H10N2O3/c18-14(17-11-5-3-7-16-9-11)13-8-10-4-1-2-6-12(10)15(19)20-13/h1-9H,(H,17,18). The third-order valence-corrected chi connectivity index (χ3v) is 2.81. The van der Waals surface area contributed by atoms with Gasteiger partial charge in [0.25, 0.3) is 5.91 Å². The molecule has 0 atom stereocenters. The number of carbonyl (C=O) groups is 1. The lowest BCUT2D eigenvalue weighted by molar-refractivity contribution is 0.0993. The van der Waals surface area contributed by atoms with Gasteiger partial charge in [0.1, 0.15) is 0 Å². The largest absolute Gasteiger partial charge is 0.417 e. The second kappa shape index (κ2) is 4.97. The fourth-order valence-corrected chi connectivity index (χ4v) is 1.88. The zero-order valence-electron chi connectivity index (χ0n) is 10.4. The van der Waals surface area contributed by atoms with Crippen LogP contribution in [0.1, 0.15) is 10.6 Å². The van der Waals surface area contributed by atoms with Crippen LogP contribution < -0.4 is 10.9 Å². The molecule has 0 fully saturated rings. The summed E-state index contributed by atoms with van der Waals surface area (Å²) >= 11 is 0. The van der Waals surface area contributed by atoms with Crippen LogP contribution in [0.2, 0.25) is 0 Å². The number of fused-ring (bicyclic) bond motifs is 1. The van der Waals surface area contributed by atoms with Gasteiger partial charge in [0.2, 0.25) is 0 Å². The van der Waals surface area contributed by atoms with Gasteiger partial charge in [-0.1, -0.05) is 18.2 Å². The number of rotatable bonds is 2. The number of carbonyl (C=O) groups excluding carboxylic acids is 1. The van der Waals surface area contributed by atoms with Gasteiger partial charge in [0, 0.05) is 6.20 Å². The molecule has 0 aliphatic rings. The molecule has 2 aromatic heterocycles. The molecule has 3 rings (SSSR count). The summed E-state index contributed by atoms with van der Waals surface area (Å²) in [5.74, 6) is -0.515. The highest BCUT2D eigenvalue weighted by atomic mass is 16.4. The molecule has 1 amide bonds. The molecule has 1 aromatic carbocycles. The maximum Gasteiger partial charge on any atom is 0.344 e. The Hall–Kier alpha value is -2.95. The van der Waals surface area contributed by atoms with Gasteiger partial charge in [-0.3, -0.25) is 9.78 Å². The van der Waals surface area contributed by atoms with Gasteiger partial charge in [0.15, 0.2) is 5.76 Å². The molecule has 0 saturated carbocycles. The minimum atomic E-state index is -0.528. The summed E-state index contributed by atoms with van der Waals surface area (Å²) < 4.78 is 5.04. The lowest BCUT2D eigenvalue weighted by Gasteiger charge is -2.04. The third-order valence-electron chi connectivity index (χ3n) is 2.81. The Balaban J connectivity index is 1.98. The number of nitrogens with zero attached hydrogens (tertiary/aromatic N) is 1. The van der Waals surface area contributed by atoms with Gasteiger partial charge in [-0.2, -0.15) is 0 Å². The summed E-state index contributed by atoms with van der Waals surface area (Å²) in [6.45, 7) is 0. The van der Waals surface area contributed by atoms with E-state index in [0.717, 1.165) is 0 Å². The minimum absolute atomic E-state index is 0.0300. The van der Waals surface area contributed by atoms with Gasteiger partial charge in [-0.05, 0) is 29.7 Å². The molecule has 0 spiro atoms. The van der Waals surface area contributed by atoms with Crippen LogP contribution >= 0.6 is 0 Å². The highest BCUT2D eigenvalue weighted by Gasteiger charge is 2.12. The van der Waals surface area contributed by atoms with E-state index in [9.17, 15) is 9.59 Å². The second-order valence-corrected chi connectivity index (χ2v) is 4.18. The highest BCUT2D eigenvalue weighted by Crippen LogP contribution is 2.13. The van der Waals surface area contributed by atoms with Crippen molar-refractivity contribution < 1.29 is 9.21 Å². The normalized spacial score (nSPS) is 10.4. The Kier molecular flexibility index (Phi) is 3.01. The van der Waals surface area contributed by atoms with Crippen LogP contribution in [0.3, 0.4) is 0 Å². The Bertz CT molecular complexity index is 825. The molecular formula is C15H10N2O3. The number of hydrogen-bond donors (Lipinski definition) is 1. The van der Waals surface area contributed by atoms with E-state index in [2.05, 4.69) is 10.3 Å². The van der Waals surface area contributed by atoms with Crippen molar-refractivity contribution in [3.05, 3.63) is 71.0 Å². The quantitative estimate of drug-likeness (QED) is 0.773. The van der Waals surface area contributed by atoms with Crippen LogP contribution in [0.15, 0.2) is 64.1 Å². The van der Waals surface area contributed by atoms with E-state index in [1.54, 1.807) is 48.7 Å². The summed E-state index contributed by atoms with van der Waals surface area (Å²) in [6.07, 6.45) is 3.11. The van der Waals surface area contributed by atoms with Gasteiger partial charge in [0.05, 0.1) is 17.3 Å². The molecule has 2 heterocycles. The summed E-state index contributed by atoms with van der Waals surface area (Å²) in [4.78, 5) is 27.7. The number of hydrogen-bond acceptors (Lipinski definition) is 4. The average molecular weight is 266 g/mol. The van der Waals surface area contributed by atoms with Crippen LogP contribution in [0.5, 0.6) is 0 Å². The maximum atomic E-state index is 12.0. The summed E-state index contributed by atoms with van der Waals surface area (Å²) in [6, 6.07) is 11.9. The predicted octanol–water partition coefficient (Wildman–Crippen LogP) is 2.44. The zero-order valence-corrected chi connectivity index (χ0v) is 10.4. The van der Waals surface area contributed by atoms with Crippen molar-refractivity contribution in [3.63, 3.8) is 0 Å². The third kappa shape index (κ3) is 2.29. The lowest BCUT2D eigenvalue weighted by Crippen LogP contribution is -2.15. The molecule has 0 bridgehead atoms. The Morgan fingerprint density at radius 2 is 2.00 bits per heavy atom. The molecule has 0 saturated heterocycles. The first-order valence-corrected chi connectivity index (χ1v) is 5.98. The maximum absolute atomic E-state index is 12.0. The average Bonchev–Trinajstić information content (AvgIpc) is 2.48. The molecule has 0 radical (unpaired) electrons. The second-order valence-electron chi connectivity index (χ2n) is 4.18. The first kappa shape index (κ1) is 12.1. The van der Waals surface area contributed by atoms with Crippen molar-refractivity contribution in [3.8, 4) is 0 Å². The monoisotopic (exact) mass is 266 g/mol. The SMILES string of the molecule is O=C(Nc1cccnc1)c1cc2ccccc2c(=O)o1. The van der Waals surface area contributed by atoms with Crippen molar-refractivity contribution >= 4 is 22.4 Å². The predicted molar refractivity (Wildman–Crippen MR) is 74.7 cm³/mol. The van der Waals surface area contributed by atoms with Crippen LogP contribution in [0, 0.1) is 0 Å². The van der Waals surface area contributed by atoms with E-state index in [4.69, 9.17) is 4.42 Å². The number of aromatic nitrogens is 1. The van der Waals surface area contributed by atoms with E-state index < -0.39 is 11.5 Å². The van der Waals surface area contributed by atoms with Crippen LogP contribution in [0.4, 0.5) is 5.69 Å². The molecule has 5 heteroatoms. The van der Waals surface area contributed by atoms with Crippen molar-refractivity contribution in [1.29, 1.82) is 0 Å². The number of pyridine rings is 1. The van der Waals surface area contributed by atoms with Crippen LogP contribution in [-0.2, 0) is 0 Å². The minimum Gasteiger partial charge on any atom is -0.417 e. The Morgan fingerprint density at radius 1 is 1.15 bits per heavy atom.